The monoisotopic (exact) mass is 263 g/mol. The first-order valence-electron chi connectivity index (χ1n) is 6.68. The second-order valence-electron chi connectivity index (χ2n) is 4.71. The zero-order valence-electron chi connectivity index (χ0n) is 11.5. The molecular formula is C15H21NO3. The van der Waals surface area contributed by atoms with Crippen LogP contribution in [0, 0.1) is 6.92 Å². The van der Waals surface area contributed by atoms with E-state index in [2.05, 4.69) is 12.2 Å². The van der Waals surface area contributed by atoms with Gasteiger partial charge in [0.1, 0.15) is 0 Å². The molecule has 0 aliphatic rings. The number of anilines is 1. The molecule has 0 aromatic heterocycles. The van der Waals surface area contributed by atoms with Gasteiger partial charge in [-0.3, -0.25) is 4.79 Å². The molecule has 2 N–H and O–H groups in total. The highest BCUT2D eigenvalue weighted by Crippen LogP contribution is 2.18. The molecule has 0 spiro atoms. The largest absolute Gasteiger partial charge is 0.478 e. The summed E-state index contributed by atoms with van der Waals surface area (Å²) in [7, 11) is 0. The molecule has 0 unspecified atom stereocenters. The van der Waals surface area contributed by atoms with Crippen LogP contribution in [0.5, 0.6) is 0 Å². The molecule has 1 aromatic rings. The van der Waals surface area contributed by atoms with Crippen molar-refractivity contribution in [2.45, 2.75) is 46.0 Å². The van der Waals surface area contributed by atoms with Gasteiger partial charge in [0.05, 0.1) is 11.3 Å². The normalized spacial score (nSPS) is 10.2. The number of carboxylic acid groups (broad SMARTS) is 1. The van der Waals surface area contributed by atoms with Crippen molar-refractivity contribution in [3.63, 3.8) is 0 Å². The summed E-state index contributed by atoms with van der Waals surface area (Å²) in [6, 6.07) is 5.00. The Morgan fingerprint density at radius 2 is 1.95 bits per heavy atom. The van der Waals surface area contributed by atoms with Crippen LogP contribution in [0.25, 0.3) is 0 Å². The molecule has 4 nitrogen and oxygen atoms in total. The van der Waals surface area contributed by atoms with Gasteiger partial charge in [0, 0.05) is 6.42 Å². The number of aryl methyl sites for hydroxylation is 1. The first-order chi connectivity index (χ1) is 9.04. The third-order valence-electron chi connectivity index (χ3n) is 2.94. The number of carbonyl (C=O) groups is 2. The summed E-state index contributed by atoms with van der Waals surface area (Å²) in [5.74, 6) is -1.15. The van der Waals surface area contributed by atoms with Crippen LogP contribution in [0.4, 0.5) is 5.69 Å². The number of amides is 1. The van der Waals surface area contributed by atoms with Crippen molar-refractivity contribution in [3.8, 4) is 0 Å². The number of carboxylic acids is 1. The lowest BCUT2D eigenvalue weighted by molar-refractivity contribution is -0.116. The van der Waals surface area contributed by atoms with E-state index in [1.165, 1.54) is 0 Å². The minimum Gasteiger partial charge on any atom is -0.478 e. The van der Waals surface area contributed by atoms with Crippen LogP contribution in [0.3, 0.4) is 0 Å². The molecule has 0 bridgehead atoms. The Morgan fingerprint density at radius 1 is 1.21 bits per heavy atom. The van der Waals surface area contributed by atoms with Crippen molar-refractivity contribution in [2.75, 3.05) is 5.32 Å². The van der Waals surface area contributed by atoms with Crippen molar-refractivity contribution in [2.24, 2.45) is 0 Å². The highest BCUT2D eigenvalue weighted by Gasteiger charge is 2.12. The second kappa shape index (κ2) is 7.56. The number of nitrogens with one attached hydrogen (secondary N) is 1. The van der Waals surface area contributed by atoms with E-state index in [1.54, 1.807) is 18.2 Å². The highest BCUT2D eigenvalue weighted by molar-refractivity contribution is 6.00. The van der Waals surface area contributed by atoms with Crippen LogP contribution in [-0.4, -0.2) is 17.0 Å². The molecule has 0 aliphatic carbocycles. The van der Waals surface area contributed by atoms with Crippen LogP contribution in [0.2, 0.25) is 0 Å². The molecule has 19 heavy (non-hydrogen) atoms. The Balaban J connectivity index is 2.61. The Bertz CT molecular complexity index is 455. The molecule has 104 valence electrons. The maximum Gasteiger partial charge on any atom is 0.337 e. The fraction of sp³-hybridized carbons (Fsp3) is 0.467. The lowest BCUT2D eigenvalue weighted by atomic mass is 10.1. The summed E-state index contributed by atoms with van der Waals surface area (Å²) >= 11 is 0. The number of rotatable bonds is 7. The predicted octanol–water partition coefficient (Wildman–Crippen LogP) is 3.60. The van der Waals surface area contributed by atoms with E-state index in [9.17, 15) is 9.59 Å². The molecule has 1 amide bonds. The molecule has 1 aromatic carbocycles. The van der Waals surface area contributed by atoms with Crippen molar-refractivity contribution in [1.82, 2.24) is 0 Å². The maximum atomic E-state index is 11.7. The fourth-order valence-electron chi connectivity index (χ4n) is 1.87. The number of aromatic carboxylic acids is 1. The second-order valence-corrected chi connectivity index (χ2v) is 4.71. The first-order valence-corrected chi connectivity index (χ1v) is 6.68. The minimum atomic E-state index is -1.02. The fourth-order valence-corrected chi connectivity index (χ4v) is 1.87. The van der Waals surface area contributed by atoms with Gasteiger partial charge in [-0.05, 0) is 25.5 Å². The summed E-state index contributed by atoms with van der Waals surface area (Å²) in [6.45, 7) is 3.94. The SMILES string of the molecule is CCCCCCC(=O)Nc1ccc(C)cc1C(=O)O. The van der Waals surface area contributed by atoms with Crippen molar-refractivity contribution < 1.29 is 14.7 Å². The quantitative estimate of drug-likeness (QED) is 0.738. The zero-order chi connectivity index (χ0) is 14.3. The average molecular weight is 263 g/mol. The summed E-state index contributed by atoms with van der Waals surface area (Å²) in [5.41, 5.74) is 1.37. The number of unbranched alkanes of at least 4 members (excludes halogenated alkanes) is 3. The molecule has 4 heteroatoms. The van der Waals surface area contributed by atoms with Crippen LogP contribution in [0.15, 0.2) is 18.2 Å². The van der Waals surface area contributed by atoms with E-state index >= 15 is 0 Å². The van der Waals surface area contributed by atoms with Gasteiger partial charge < -0.3 is 10.4 Å². The van der Waals surface area contributed by atoms with E-state index < -0.39 is 5.97 Å². The Kier molecular flexibility index (Phi) is 6.06. The van der Waals surface area contributed by atoms with E-state index in [4.69, 9.17) is 5.11 Å². The van der Waals surface area contributed by atoms with Gasteiger partial charge in [0.25, 0.3) is 0 Å². The van der Waals surface area contributed by atoms with Gasteiger partial charge in [-0.15, -0.1) is 0 Å². The van der Waals surface area contributed by atoms with Gasteiger partial charge in [0.2, 0.25) is 5.91 Å². The molecule has 1 rings (SSSR count). The first kappa shape index (κ1) is 15.2. The lowest BCUT2D eigenvalue weighted by Crippen LogP contribution is -2.14. The molecule has 0 atom stereocenters. The van der Waals surface area contributed by atoms with Crippen LogP contribution in [0.1, 0.15) is 54.9 Å². The standard InChI is InChI=1S/C15H21NO3/c1-3-4-5-6-7-14(17)16-13-9-8-11(2)10-12(13)15(18)19/h8-10H,3-7H2,1-2H3,(H,16,17)(H,18,19). The highest BCUT2D eigenvalue weighted by atomic mass is 16.4. The summed E-state index contributed by atoms with van der Waals surface area (Å²) in [4.78, 5) is 22.8. The number of hydrogen-bond donors (Lipinski definition) is 2. The van der Waals surface area contributed by atoms with Gasteiger partial charge in [-0.1, -0.05) is 37.8 Å². The van der Waals surface area contributed by atoms with E-state index in [0.717, 1.165) is 31.2 Å². The molecule has 0 aliphatic heterocycles. The molecule has 0 saturated carbocycles. The topological polar surface area (TPSA) is 66.4 Å². The van der Waals surface area contributed by atoms with Gasteiger partial charge in [-0.25, -0.2) is 4.79 Å². The van der Waals surface area contributed by atoms with Crippen molar-refractivity contribution >= 4 is 17.6 Å². The molecule has 0 saturated heterocycles. The van der Waals surface area contributed by atoms with E-state index in [1.807, 2.05) is 6.92 Å². The molecule has 0 fully saturated rings. The summed E-state index contributed by atoms with van der Waals surface area (Å²) in [6.07, 6.45) is 4.56. The maximum absolute atomic E-state index is 11.7. The molecule has 0 radical (unpaired) electrons. The third-order valence-corrected chi connectivity index (χ3v) is 2.94. The van der Waals surface area contributed by atoms with Gasteiger partial charge in [-0.2, -0.15) is 0 Å². The summed E-state index contributed by atoms with van der Waals surface area (Å²) < 4.78 is 0. The summed E-state index contributed by atoms with van der Waals surface area (Å²) in [5, 5.41) is 11.8. The Hall–Kier alpha value is -1.84. The third kappa shape index (κ3) is 5.12. The van der Waals surface area contributed by atoms with E-state index in [-0.39, 0.29) is 11.5 Å². The lowest BCUT2D eigenvalue weighted by Gasteiger charge is -2.09. The molecular weight excluding hydrogens is 242 g/mol. The zero-order valence-corrected chi connectivity index (χ0v) is 11.5. The number of hydrogen-bond acceptors (Lipinski definition) is 2. The van der Waals surface area contributed by atoms with Gasteiger partial charge >= 0.3 is 5.97 Å². The average Bonchev–Trinajstić information content (AvgIpc) is 2.36. The van der Waals surface area contributed by atoms with Crippen LogP contribution in [-0.2, 0) is 4.79 Å². The van der Waals surface area contributed by atoms with Crippen molar-refractivity contribution in [1.29, 1.82) is 0 Å². The van der Waals surface area contributed by atoms with E-state index in [0.29, 0.717) is 12.1 Å². The Morgan fingerprint density at radius 3 is 2.58 bits per heavy atom. The predicted molar refractivity (Wildman–Crippen MR) is 75.5 cm³/mol. The van der Waals surface area contributed by atoms with Crippen LogP contribution >= 0.6 is 0 Å². The number of carbonyl (C=O) groups excluding carboxylic acids is 1. The number of benzene rings is 1. The smallest absolute Gasteiger partial charge is 0.337 e. The van der Waals surface area contributed by atoms with Gasteiger partial charge in [0.15, 0.2) is 0 Å². The van der Waals surface area contributed by atoms with Crippen molar-refractivity contribution in [3.05, 3.63) is 29.3 Å². The molecule has 0 heterocycles. The Labute approximate surface area is 113 Å². The minimum absolute atomic E-state index is 0.123. The van der Waals surface area contributed by atoms with Crippen LogP contribution < -0.4 is 5.32 Å².